The van der Waals surface area contributed by atoms with Gasteiger partial charge in [-0.05, 0) is 44.3 Å². The number of aromatic nitrogens is 3. The normalized spacial score (nSPS) is 14.8. The molecule has 1 amide bonds. The molecule has 10 heteroatoms. The Morgan fingerprint density at radius 3 is 2.70 bits per heavy atom. The minimum absolute atomic E-state index is 0.107. The lowest BCUT2D eigenvalue weighted by atomic mass is 10.1. The lowest BCUT2D eigenvalue weighted by Gasteiger charge is -2.31. The molecule has 1 aromatic carbocycles. The number of amides is 1. The number of hydrogen-bond acceptors (Lipinski definition) is 7. The Kier molecular flexibility index (Phi) is 7.12. The molecular weight excluding hydrogens is 445 g/mol. The van der Waals surface area contributed by atoms with E-state index in [1.807, 2.05) is 0 Å². The van der Waals surface area contributed by atoms with E-state index in [0.29, 0.717) is 40.1 Å². The highest BCUT2D eigenvalue weighted by Gasteiger charge is 2.17. The summed E-state index contributed by atoms with van der Waals surface area (Å²) >= 11 is 6.02. The molecule has 0 bridgehead atoms. The zero-order valence-electron chi connectivity index (χ0n) is 18.5. The van der Waals surface area contributed by atoms with Gasteiger partial charge in [0.15, 0.2) is 0 Å². The predicted molar refractivity (Wildman–Crippen MR) is 127 cm³/mol. The van der Waals surface area contributed by atoms with Crippen molar-refractivity contribution in [3.8, 4) is 11.3 Å². The van der Waals surface area contributed by atoms with Gasteiger partial charge in [-0.25, -0.2) is 9.37 Å². The number of rotatable bonds is 6. The molecule has 172 valence electrons. The van der Waals surface area contributed by atoms with Gasteiger partial charge in [0.1, 0.15) is 11.6 Å². The van der Waals surface area contributed by atoms with Gasteiger partial charge in [0.2, 0.25) is 5.91 Å². The molecule has 2 N–H and O–H groups in total. The molecule has 0 spiro atoms. The number of carbonyl (C=O) groups excluding carboxylic acids is 1. The van der Waals surface area contributed by atoms with Crippen molar-refractivity contribution in [2.45, 2.75) is 6.92 Å². The second kappa shape index (κ2) is 10.2. The van der Waals surface area contributed by atoms with E-state index in [1.54, 1.807) is 31.3 Å². The van der Waals surface area contributed by atoms with Gasteiger partial charge in [0, 0.05) is 54.7 Å². The number of aryl methyl sites for hydroxylation is 1. The van der Waals surface area contributed by atoms with Crippen LogP contribution in [0.25, 0.3) is 11.3 Å². The Morgan fingerprint density at radius 2 is 1.91 bits per heavy atom. The standard InChI is InChI=1S/C23H25ClFN7O/c1-15-20(13-21(30-29-15)18-11-16(24)3-4-19(18)25)27-17-5-6-26-22(12-17)28-23(33)14-32-9-7-31(2)8-10-32/h3-6,11-13H,7-10,14H2,1-2H3,(H2,26,27,28,30,33). The van der Waals surface area contributed by atoms with Crippen molar-refractivity contribution in [2.24, 2.45) is 0 Å². The maximum Gasteiger partial charge on any atom is 0.239 e. The number of piperazine rings is 1. The van der Waals surface area contributed by atoms with Crippen molar-refractivity contribution in [1.29, 1.82) is 0 Å². The fourth-order valence-electron chi connectivity index (χ4n) is 3.53. The van der Waals surface area contributed by atoms with Crippen LogP contribution in [0, 0.1) is 12.7 Å². The van der Waals surface area contributed by atoms with E-state index >= 15 is 0 Å². The van der Waals surface area contributed by atoms with Crippen LogP contribution in [0.15, 0.2) is 42.6 Å². The van der Waals surface area contributed by atoms with E-state index in [1.165, 1.54) is 18.2 Å². The quantitative estimate of drug-likeness (QED) is 0.570. The highest BCUT2D eigenvalue weighted by Crippen LogP contribution is 2.28. The predicted octanol–water partition coefficient (Wildman–Crippen LogP) is 3.57. The van der Waals surface area contributed by atoms with Gasteiger partial charge >= 0.3 is 0 Å². The molecule has 0 atom stereocenters. The van der Waals surface area contributed by atoms with E-state index in [9.17, 15) is 9.18 Å². The van der Waals surface area contributed by atoms with Crippen LogP contribution in [0.5, 0.6) is 0 Å². The average molecular weight is 470 g/mol. The molecule has 0 radical (unpaired) electrons. The molecule has 1 fully saturated rings. The second-order valence-electron chi connectivity index (χ2n) is 8.04. The summed E-state index contributed by atoms with van der Waals surface area (Å²) in [5.74, 6) is -0.0950. The van der Waals surface area contributed by atoms with Gasteiger partial charge < -0.3 is 15.5 Å². The molecular formula is C23H25ClFN7O. The first kappa shape index (κ1) is 23.0. The maximum absolute atomic E-state index is 14.3. The Labute approximate surface area is 196 Å². The topological polar surface area (TPSA) is 86.3 Å². The van der Waals surface area contributed by atoms with Crippen LogP contribution in [-0.4, -0.2) is 70.7 Å². The van der Waals surface area contributed by atoms with Gasteiger partial charge in [-0.3, -0.25) is 9.69 Å². The van der Waals surface area contributed by atoms with Crippen LogP contribution in [0.1, 0.15) is 5.69 Å². The zero-order chi connectivity index (χ0) is 23.4. The molecule has 1 aliphatic heterocycles. The van der Waals surface area contributed by atoms with Crippen molar-refractivity contribution < 1.29 is 9.18 Å². The van der Waals surface area contributed by atoms with Gasteiger partial charge in [0.05, 0.1) is 23.6 Å². The number of nitrogens with zero attached hydrogens (tertiary/aromatic N) is 5. The highest BCUT2D eigenvalue weighted by molar-refractivity contribution is 6.30. The van der Waals surface area contributed by atoms with Crippen molar-refractivity contribution in [3.63, 3.8) is 0 Å². The summed E-state index contributed by atoms with van der Waals surface area (Å²) in [4.78, 5) is 21.1. The zero-order valence-corrected chi connectivity index (χ0v) is 19.2. The molecule has 0 aliphatic carbocycles. The van der Waals surface area contributed by atoms with Crippen LogP contribution >= 0.6 is 11.6 Å². The third-order valence-electron chi connectivity index (χ3n) is 5.45. The summed E-state index contributed by atoms with van der Waals surface area (Å²) < 4.78 is 14.3. The lowest BCUT2D eigenvalue weighted by molar-refractivity contribution is -0.117. The molecule has 33 heavy (non-hydrogen) atoms. The van der Waals surface area contributed by atoms with E-state index < -0.39 is 5.82 Å². The first-order valence-electron chi connectivity index (χ1n) is 10.6. The third kappa shape index (κ3) is 6.01. The van der Waals surface area contributed by atoms with Gasteiger partial charge in [-0.15, -0.1) is 0 Å². The summed E-state index contributed by atoms with van der Waals surface area (Å²) in [6.07, 6.45) is 1.61. The SMILES string of the molecule is Cc1nnc(-c2cc(Cl)ccc2F)cc1Nc1ccnc(NC(=O)CN2CCN(C)CC2)c1. The summed E-state index contributed by atoms with van der Waals surface area (Å²) in [7, 11) is 2.08. The molecule has 0 saturated carbocycles. The number of carbonyl (C=O) groups is 1. The summed E-state index contributed by atoms with van der Waals surface area (Å²) in [6, 6.07) is 9.52. The van der Waals surface area contributed by atoms with Gasteiger partial charge in [-0.2, -0.15) is 10.2 Å². The minimum Gasteiger partial charge on any atom is -0.354 e. The van der Waals surface area contributed by atoms with E-state index in [4.69, 9.17) is 11.6 Å². The van der Waals surface area contributed by atoms with Crippen molar-refractivity contribution in [1.82, 2.24) is 25.0 Å². The smallest absolute Gasteiger partial charge is 0.239 e. The maximum atomic E-state index is 14.3. The summed E-state index contributed by atoms with van der Waals surface area (Å²) in [5, 5.41) is 14.8. The molecule has 4 rings (SSSR count). The molecule has 0 unspecified atom stereocenters. The Balaban J connectivity index is 1.46. The number of pyridine rings is 1. The molecule has 2 aromatic heterocycles. The van der Waals surface area contributed by atoms with Crippen LogP contribution < -0.4 is 10.6 Å². The van der Waals surface area contributed by atoms with Gasteiger partial charge in [-0.1, -0.05) is 11.6 Å². The molecule has 1 aliphatic rings. The van der Waals surface area contributed by atoms with E-state index in [0.717, 1.165) is 26.2 Å². The van der Waals surface area contributed by atoms with Crippen molar-refractivity contribution >= 4 is 34.7 Å². The molecule has 3 heterocycles. The molecule has 3 aromatic rings. The minimum atomic E-state index is -0.433. The largest absolute Gasteiger partial charge is 0.354 e. The summed E-state index contributed by atoms with van der Waals surface area (Å²) in [6.45, 7) is 5.75. The first-order valence-corrected chi connectivity index (χ1v) is 11.0. The Morgan fingerprint density at radius 1 is 1.12 bits per heavy atom. The second-order valence-corrected chi connectivity index (χ2v) is 8.47. The number of benzene rings is 1. The molecule has 8 nitrogen and oxygen atoms in total. The fraction of sp³-hybridized carbons (Fsp3) is 0.304. The number of anilines is 3. The first-order chi connectivity index (χ1) is 15.9. The highest BCUT2D eigenvalue weighted by atomic mass is 35.5. The number of likely N-dealkylation sites (N-methyl/N-ethyl adjacent to an activating group) is 1. The Hall–Kier alpha value is -3.14. The van der Waals surface area contributed by atoms with Crippen LogP contribution in [0.3, 0.4) is 0 Å². The van der Waals surface area contributed by atoms with Crippen LogP contribution in [-0.2, 0) is 4.79 Å². The molecule has 1 saturated heterocycles. The lowest BCUT2D eigenvalue weighted by Crippen LogP contribution is -2.47. The summed E-state index contributed by atoms with van der Waals surface area (Å²) in [5.41, 5.74) is 2.62. The fourth-order valence-corrected chi connectivity index (χ4v) is 3.70. The third-order valence-corrected chi connectivity index (χ3v) is 5.69. The van der Waals surface area contributed by atoms with E-state index in [-0.39, 0.29) is 11.5 Å². The van der Waals surface area contributed by atoms with Crippen LogP contribution in [0.2, 0.25) is 5.02 Å². The monoisotopic (exact) mass is 469 g/mol. The van der Waals surface area contributed by atoms with Crippen LogP contribution in [0.4, 0.5) is 21.6 Å². The number of halogens is 2. The number of hydrogen-bond donors (Lipinski definition) is 2. The number of nitrogens with one attached hydrogen (secondary N) is 2. The Bertz CT molecular complexity index is 1150. The average Bonchev–Trinajstić information content (AvgIpc) is 2.79. The van der Waals surface area contributed by atoms with E-state index in [2.05, 4.69) is 42.7 Å². The van der Waals surface area contributed by atoms with Crippen molar-refractivity contribution in [2.75, 3.05) is 50.4 Å². The van der Waals surface area contributed by atoms with Gasteiger partial charge in [0.25, 0.3) is 0 Å². The van der Waals surface area contributed by atoms with Crippen molar-refractivity contribution in [3.05, 3.63) is 59.1 Å².